The van der Waals surface area contributed by atoms with Gasteiger partial charge in [0.25, 0.3) is 0 Å². The lowest BCUT2D eigenvalue weighted by atomic mass is 9.87. The van der Waals surface area contributed by atoms with E-state index in [0.717, 1.165) is 38.3 Å². The first-order chi connectivity index (χ1) is 10.4. The van der Waals surface area contributed by atoms with Crippen LogP contribution in [0.3, 0.4) is 0 Å². The van der Waals surface area contributed by atoms with Gasteiger partial charge in [-0.05, 0) is 55.8 Å². The number of hydrogen-bond donors (Lipinski definition) is 1. The predicted molar refractivity (Wildman–Crippen MR) is 84.9 cm³/mol. The molecule has 21 heavy (non-hydrogen) atoms. The Kier molecular flexibility index (Phi) is 5.15. The van der Waals surface area contributed by atoms with E-state index in [0.29, 0.717) is 12.1 Å². The molecule has 1 heterocycles. The number of fused-ring (bicyclic) bond motifs is 1. The van der Waals surface area contributed by atoms with Crippen molar-refractivity contribution in [3.63, 3.8) is 0 Å². The van der Waals surface area contributed by atoms with Crippen LogP contribution in [0.5, 0.6) is 5.75 Å². The number of ether oxygens (including phenoxy) is 2. The van der Waals surface area contributed by atoms with Crippen molar-refractivity contribution in [1.82, 2.24) is 5.32 Å². The number of rotatable bonds is 6. The Balaban J connectivity index is 1.63. The molecule has 0 bridgehead atoms. The monoisotopic (exact) mass is 289 g/mol. The highest BCUT2D eigenvalue weighted by molar-refractivity contribution is 5.43. The van der Waals surface area contributed by atoms with Crippen LogP contribution >= 0.6 is 0 Å². The lowest BCUT2D eigenvalue weighted by molar-refractivity contribution is 0.0901. The SMILES string of the molecule is CCNC1CCCc2c(OCCC3CCCO3)cccc21. The summed E-state index contributed by atoms with van der Waals surface area (Å²) in [5, 5.41) is 3.59. The molecular formula is C18H27NO2. The van der Waals surface area contributed by atoms with Crippen molar-refractivity contribution in [3.8, 4) is 5.75 Å². The fourth-order valence-electron chi connectivity index (χ4n) is 3.58. The zero-order valence-corrected chi connectivity index (χ0v) is 13.1. The summed E-state index contributed by atoms with van der Waals surface area (Å²) in [6, 6.07) is 7.02. The van der Waals surface area contributed by atoms with Crippen LogP contribution in [0.25, 0.3) is 0 Å². The van der Waals surface area contributed by atoms with Gasteiger partial charge >= 0.3 is 0 Å². The summed E-state index contributed by atoms with van der Waals surface area (Å²) in [6.07, 6.45) is 7.46. The first-order valence-corrected chi connectivity index (χ1v) is 8.48. The third-order valence-electron chi connectivity index (χ3n) is 4.64. The lowest BCUT2D eigenvalue weighted by Gasteiger charge is -2.27. The summed E-state index contributed by atoms with van der Waals surface area (Å²) >= 11 is 0. The molecule has 1 aromatic carbocycles. The Morgan fingerprint density at radius 1 is 1.29 bits per heavy atom. The van der Waals surface area contributed by atoms with E-state index in [1.54, 1.807) is 0 Å². The molecule has 2 aliphatic rings. The third kappa shape index (κ3) is 3.58. The minimum atomic E-state index is 0.416. The highest BCUT2D eigenvalue weighted by atomic mass is 16.5. The molecule has 0 saturated carbocycles. The topological polar surface area (TPSA) is 30.5 Å². The summed E-state index contributed by atoms with van der Waals surface area (Å²) in [6.45, 7) is 4.90. The Hall–Kier alpha value is -1.06. The quantitative estimate of drug-likeness (QED) is 0.867. The van der Waals surface area contributed by atoms with E-state index in [4.69, 9.17) is 9.47 Å². The van der Waals surface area contributed by atoms with Crippen molar-refractivity contribution in [2.75, 3.05) is 19.8 Å². The fraction of sp³-hybridized carbons (Fsp3) is 0.667. The lowest BCUT2D eigenvalue weighted by Crippen LogP contribution is -2.25. The maximum absolute atomic E-state index is 6.09. The van der Waals surface area contributed by atoms with Gasteiger partial charge in [-0.3, -0.25) is 0 Å². The van der Waals surface area contributed by atoms with Crippen LogP contribution in [0.15, 0.2) is 18.2 Å². The van der Waals surface area contributed by atoms with Crippen LogP contribution in [0.2, 0.25) is 0 Å². The van der Waals surface area contributed by atoms with E-state index in [1.807, 2.05) is 0 Å². The fourth-order valence-corrected chi connectivity index (χ4v) is 3.58. The smallest absolute Gasteiger partial charge is 0.122 e. The highest BCUT2D eigenvalue weighted by Gasteiger charge is 2.22. The Bertz CT molecular complexity index is 455. The second-order valence-corrected chi connectivity index (χ2v) is 6.10. The molecule has 1 aliphatic heterocycles. The molecular weight excluding hydrogens is 262 g/mol. The van der Waals surface area contributed by atoms with E-state index >= 15 is 0 Å². The molecule has 0 aromatic heterocycles. The number of hydrogen-bond acceptors (Lipinski definition) is 3. The first kappa shape index (κ1) is 14.9. The van der Waals surface area contributed by atoms with Gasteiger partial charge in [0, 0.05) is 19.1 Å². The highest BCUT2D eigenvalue weighted by Crippen LogP contribution is 2.35. The zero-order valence-electron chi connectivity index (χ0n) is 13.1. The standard InChI is InChI=1S/C18H27NO2/c1-2-19-17-9-3-8-16-15(17)7-4-10-18(16)21-13-11-14-6-5-12-20-14/h4,7,10,14,17,19H,2-3,5-6,8-9,11-13H2,1H3. The summed E-state index contributed by atoms with van der Waals surface area (Å²) in [5.41, 5.74) is 2.86. The van der Waals surface area contributed by atoms with Gasteiger partial charge in [0.05, 0.1) is 12.7 Å². The van der Waals surface area contributed by atoms with E-state index in [1.165, 1.54) is 36.8 Å². The molecule has 116 valence electrons. The minimum absolute atomic E-state index is 0.416. The molecule has 1 N–H and O–H groups in total. The van der Waals surface area contributed by atoms with Gasteiger partial charge in [-0.2, -0.15) is 0 Å². The molecule has 3 rings (SSSR count). The third-order valence-corrected chi connectivity index (χ3v) is 4.64. The summed E-state index contributed by atoms with van der Waals surface area (Å²) in [5.74, 6) is 1.09. The van der Waals surface area contributed by atoms with Crippen molar-refractivity contribution < 1.29 is 9.47 Å². The van der Waals surface area contributed by atoms with E-state index in [2.05, 4.69) is 30.4 Å². The van der Waals surface area contributed by atoms with Crippen molar-refractivity contribution in [2.24, 2.45) is 0 Å². The van der Waals surface area contributed by atoms with Crippen molar-refractivity contribution in [2.45, 2.75) is 57.6 Å². The van der Waals surface area contributed by atoms with E-state index in [-0.39, 0.29) is 0 Å². The molecule has 3 nitrogen and oxygen atoms in total. The van der Waals surface area contributed by atoms with Crippen LogP contribution in [0, 0.1) is 0 Å². The van der Waals surface area contributed by atoms with Crippen molar-refractivity contribution in [3.05, 3.63) is 29.3 Å². The van der Waals surface area contributed by atoms with Crippen molar-refractivity contribution >= 4 is 0 Å². The summed E-state index contributed by atoms with van der Waals surface area (Å²) in [7, 11) is 0. The Labute approximate surface area is 128 Å². The molecule has 2 atom stereocenters. The van der Waals surface area contributed by atoms with Crippen LogP contribution in [0.4, 0.5) is 0 Å². The second kappa shape index (κ2) is 7.28. The van der Waals surface area contributed by atoms with Crippen LogP contribution < -0.4 is 10.1 Å². The van der Waals surface area contributed by atoms with Crippen molar-refractivity contribution in [1.29, 1.82) is 0 Å². The molecule has 0 amide bonds. The molecule has 1 aliphatic carbocycles. The van der Waals surface area contributed by atoms with Gasteiger partial charge in [0.2, 0.25) is 0 Å². The normalized spacial score (nSPS) is 24.8. The van der Waals surface area contributed by atoms with Gasteiger partial charge in [0.15, 0.2) is 0 Å². The molecule has 1 saturated heterocycles. The van der Waals surface area contributed by atoms with Crippen LogP contribution in [-0.4, -0.2) is 25.9 Å². The van der Waals surface area contributed by atoms with E-state index < -0.39 is 0 Å². The van der Waals surface area contributed by atoms with E-state index in [9.17, 15) is 0 Å². The average molecular weight is 289 g/mol. The summed E-state index contributed by atoms with van der Waals surface area (Å²) < 4.78 is 11.7. The van der Waals surface area contributed by atoms with Crippen LogP contribution in [0.1, 0.15) is 56.2 Å². The first-order valence-electron chi connectivity index (χ1n) is 8.48. The van der Waals surface area contributed by atoms with Gasteiger partial charge in [-0.1, -0.05) is 19.1 Å². The maximum atomic E-state index is 6.09. The molecule has 2 unspecified atom stereocenters. The average Bonchev–Trinajstić information content (AvgIpc) is 3.02. The summed E-state index contributed by atoms with van der Waals surface area (Å²) in [4.78, 5) is 0. The molecule has 1 aromatic rings. The number of nitrogens with one attached hydrogen (secondary N) is 1. The Morgan fingerprint density at radius 3 is 3.05 bits per heavy atom. The predicted octanol–water partition coefficient (Wildman–Crippen LogP) is 3.62. The molecule has 0 radical (unpaired) electrons. The largest absolute Gasteiger partial charge is 0.493 e. The Morgan fingerprint density at radius 2 is 2.24 bits per heavy atom. The molecule has 0 spiro atoms. The molecule has 3 heteroatoms. The second-order valence-electron chi connectivity index (χ2n) is 6.10. The van der Waals surface area contributed by atoms with Crippen LogP contribution in [-0.2, 0) is 11.2 Å². The maximum Gasteiger partial charge on any atom is 0.122 e. The zero-order chi connectivity index (χ0) is 14.5. The van der Waals surface area contributed by atoms with Gasteiger partial charge < -0.3 is 14.8 Å². The minimum Gasteiger partial charge on any atom is -0.493 e. The van der Waals surface area contributed by atoms with Gasteiger partial charge in [-0.25, -0.2) is 0 Å². The molecule has 1 fully saturated rings. The van der Waals surface area contributed by atoms with Gasteiger partial charge in [-0.15, -0.1) is 0 Å². The van der Waals surface area contributed by atoms with Gasteiger partial charge in [0.1, 0.15) is 5.75 Å². The number of benzene rings is 1.